The molecule has 0 spiro atoms. The Hall–Kier alpha value is -2.24. The predicted molar refractivity (Wildman–Crippen MR) is 127 cm³/mol. The fourth-order valence-electron chi connectivity index (χ4n) is 3.64. The van der Waals surface area contributed by atoms with Crippen molar-refractivity contribution in [3.8, 4) is 11.5 Å². The smallest absolute Gasteiger partial charge is 0.307 e. The highest BCUT2D eigenvalue weighted by Crippen LogP contribution is 2.31. The van der Waals surface area contributed by atoms with Crippen molar-refractivity contribution in [2.75, 3.05) is 13.2 Å². The Morgan fingerprint density at radius 2 is 0.969 bits per heavy atom. The number of benzene rings is 1. The molecule has 0 amide bonds. The second kappa shape index (κ2) is 17.3. The summed E-state index contributed by atoms with van der Waals surface area (Å²) in [7, 11) is 0. The van der Waals surface area contributed by atoms with Crippen molar-refractivity contribution in [3.05, 3.63) is 23.3 Å². The number of ether oxygens (including phenoxy) is 2. The molecule has 0 saturated carbocycles. The third kappa shape index (κ3) is 12.6. The summed E-state index contributed by atoms with van der Waals surface area (Å²) in [5.74, 6) is -1.02. The first kappa shape index (κ1) is 27.8. The molecular weight excluding hydrogens is 408 g/mol. The molecule has 0 fully saturated rings. The molecule has 182 valence electrons. The zero-order chi connectivity index (χ0) is 23.6. The van der Waals surface area contributed by atoms with E-state index >= 15 is 0 Å². The Bertz CT molecular complexity index is 613. The van der Waals surface area contributed by atoms with E-state index in [1.165, 1.54) is 38.5 Å². The van der Waals surface area contributed by atoms with Gasteiger partial charge in [-0.15, -0.1) is 0 Å². The summed E-state index contributed by atoms with van der Waals surface area (Å²) in [6, 6.07) is 3.31. The standard InChI is InChI=1S/C26H42O6/c1-3-5-7-9-11-13-15-31-23-17-22(20-26(29)30)24(18-21(23)19-25(27)28)32-16-14-12-10-8-6-4-2/h17-18H,3-16,19-20H2,1-2H3,(H,27,28)(H,29,30). The van der Waals surface area contributed by atoms with E-state index in [9.17, 15) is 19.8 Å². The van der Waals surface area contributed by atoms with Gasteiger partial charge < -0.3 is 19.7 Å². The average molecular weight is 451 g/mol. The van der Waals surface area contributed by atoms with Gasteiger partial charge in [-0.05, 0) is 25.0 Å². The van der Waals surface area contributed by atoms with E-state index in [-0.39, 0.29) is 12.8 Å². The van der Waals surface area contributed by atoms with Crippen LogP contribution in [0.15, 0.2) is 12.1 Å². The summed E-state index contributed by atoms with van der Waals surface area (Å²) in [4.78, 5) is 22.7. The minimum absolute atomic E-state index is 0.188. The van der Waals surface area contributed by atoms with Crippen LogP contribution < -0.4 is 9.47 Å². The summed E-state index contributed by atoms with van der Waals surface area (Å²) in [5, 5.41) is 18.6. The van der Waals surface area contributed by atoms with Gasteiger partial charge in [-0.25, -0.2) is 0 Å². The number of rotatable bonds is 20. The minimum atomic E-state index is -0.956. The second-order valence-corrected chi connectivity index (χ2v) is 8.44. The third-order valence-corrected chi connectivity index (χ3v) is 5.44. The first-order valence-corrected chi connectivity index (χ1v) is 12.3. The Labute approximate surface area is 193 Å². The lowest BCUT2D eigenvalue weighted by atomic mass is 10.0. The van der Waals surface area contributed by atoms with Crippen LogP contribution in [0.3, 0.4) is 0 Å². The van der Waals surface area contributed by atoms with Crippen LogP contribution in [0.5, 0.6) is 11.5 Å². The molecule has 0 aromatic heterocycles. The molecule has 0 saturated heterocycles. The second-order valence-electron chi connectivity index (χ2n) is 8.44. The highest BCUT2D eigenvalue weighted by atomic mass is 16.5. The fourth-order valence-corrected chi connectivity index (χ4v) is 3.64. The van der Waals surface area contributed by atoms with Crippen LogP contribution in [0.1, 0.15) is 102 Å². The van der Waals surface area contributed by atoms with E-state index in [0.717, 1.165) is 38.5 Å². The lowest BCUT2D eigenvalue weighted by Crippen LogP contribution is -2.10. The monoisotopic (exact) mass is 450 g/mol. The maximum absolute atomic E-state index is 11.4. The zero-order valence-corrected chi connectivity index (χ0v) is 20.0. The van der Waals surface area contributed by atoms with Gasteiger partial charge in [-0.1, -0.05) is 78.1 Å². The lowest BCUT2D eigenvalue weighted by Gasteiger charge is -2.17. The lowest BCUT2D eigenvalue weighted by molar-refractivity contribution is -0.137. The number of carbonyl (C=O) groups is 2. The van der Waals surface area contributed by atoms with Gasteiger partial charge >= 0.3 is 11.9 Å². The molecule has 0 aliphatic carbocycles. The topological polar surface area (TPSA) is 93.1 Å². The van der Waals surface area contributed by atoms with Gasteiger partial charge in [-0.3, -0.25) is 9.59 Å². The van der Waals surface area contributed by atoms with E-state index in [0.29, 0.717) is 35.8 Å². The molecule has 0 aliphatic heterocycles. The quantitative estimate of drug-likeness (QED) is 0.223. The van der Waals surface area contributed by atoms with Crippen molar-refractivity contribution in [2.24, 2.45) is 0 Å². The molecule has 32 heavy (non-hydrogen) atoms. The van der Waals surface area contributed by atoms with Gasteiger partial charge in [-0.2, -0.15) is 0 Å². The largest absolute Gasteiger partial charge is 0.493 e. The van der Waals surface area contributed by atoms with Crippen LogP contribution in [0.2, 0.25) is 0 Å². The summed E-state index contributed by atoms with van der Waals surface area (Å²) >= 11 is 0. The number of aliphatic carboxylic acids is 2. The van der Waals surface area contributed by atoms with Crippen molar-refractivity contribution in [1.82, 2.24) is 0 Å². The van der Waals surface area contributed by atoms with E-state index in [1.54, 1.807) is 12.1 Å². The van der Waals surface area contributed by atoms with E-state index < -0.39 is 11.9 Å². The van der Waals surface area contributed by atoms with Crippen LogP contribution in [0.4, 0.5) is 0 Å². The van der Waals surface area contributed by atoms with Crippen LogP contribution >= 0.6 is 0 Å². The van der Waals surface area contributed by atoms with Crippen LogP contribution in [0, 0.1) is 0 Å². The third-order valence-electron chi connectivity index (χ3n) is 5.44. The van der Waals surface area contributed by atoms with Crippen molar-refractivity contribution >= 4 is 11.9 Å². The molecule has 0 aliphatic rings. The molecular formula is C26H42O6. The predicted octanol–water partition coefficient (Wildman–Crippen LogP) is 6.42. The maximum Gasteiger partial charge on any atom is 0.307 e. The number of hydrogen-bond donors (Lipinski definition) is 2. The van der Waals surface area contributed by atoms with Gasteiger partial charge in [0.1, 0.15) is 11.5 Å². The number of unbranched alkanes of at least 4 members (excludes halogenated alkanes) is 10. The van der Waals surface area contributed by atoms with Gasteiger partial charge in [0.25, 0.3) is 0 Å². The Morgan fingerprint density at radius 3 is 1.31 bits per heavy atom. The maximum atomic E-state index is 11.4. The van der Waals surface area contributed by atoms with Crippen molar-refractivity contribution in [2.45, 2.75) is 104 Å². The molecule has 1 rings (SSSR count). The highest BCUT2D eigenvalue weighted by molar-refractivity contribution is 5.74. The van der Waals surface area contributed by atoms with Crippen molar-refractivity contribution in [1.29, 1.82) is 0 Å². The molecule has 6 nitrogen and oxygen atoms in total. The van der Waals surface area contributed by atoms with Gasteiger partial charge in [0, 0.05) is 11.1 Å². The Kier molecular flexibility index (Phi) is 15.1. The highest BCUT2D eigenvalue weighted by Gasteiger charge is 2.17. The van der Waals surface area contributed by atoms with E-state index in [1.807, 2.05) is 0 Å². The van der Waals surface area contributed by atoms with Gasteiger partial charge in [0.15, 0.2) is 0 Å². The van der Waals surface area contributed by atoms with Gasteiger partial charge in [0.05, 0.1) is 26.1 Å². The number of hydrogen-bond acceptors (Lipinski definition) is 4. The molecule has 1 aromatic rings. The molecule has 0 radical (unpaired) electrons. The summed E-state index contributed by atoms with van der Waals surface area (Å²) in [6.45, 7) is 5.35. The zero-order valence-electron chi connectivity index (χ0n) is 20.0. The fraction of sp³-hybridized carbons (Fsp3) is 0.692. The Morgan fingerprint density at radius 1 is 0.625 bits per heavy atom. The van der Waals surface area contributed by atoms with Crippen LogP contribution in [-0.4, -0.2) is 35.4 Å². The molecule has 0 bridgehead atoms. The van der Waals surface area contributed by atoms with Crippen molar-refractivity contribution < 1.29 is 29.3 Å². The molecule has 0 unspecified atom stereocenters. The molecule has 1 aromatic carbocycles. The van der Waals surface area contributed by atoms with E-state index in [4.69, 9.17) is 9.47 Å². The Balaban J connectivity index is 2.78. The number of carboxylic acid groups (broad SMARTS) is 2. The molecule has 0 heterocycles. The molecule has 2 N–H and O–H groups in total. The van der Waals surface area contributed by atoms with Gasteiger partial charge in [0.2, 0.25) is 0 Å². The summed E-state index contributed by atoms with van der Waals surface area (Å²) in [5.41, 5.74) is 1.05. The molecule has 6 heteroatoms. The van der Waals surface area contributed by atoms with E-state index in [2.05, 4.69) is 13.8 Å². The molecule has 0 atom stereocenters. The first-order valence-electron chi connectivity index (χ1n) is 12.3. The normalized spacial score (nSPS) is 10.8. The average Bonchev–Trinajstić information content (AvgIpc) is 2.74. The SMILES string of the molecule is CCCCCCCCOc1cc(CC(=O)O)c(OCCCCCCCC)cc1CC(=O)O. The summed E-state index contributed by atoms with van der Waals surface area (Å²) < 4.78 is 11.8. The first-order chi connectivity index (χ1) is 15.5. The van der Waals surface area contributed by atoms with Crippen LogP contribution in [-0.2, 0) is 22.4 Å². The minimum Gasteiger partial charge on any atom is -0.493 e. The number of carboxylic acids is 2. The van der Waals surface area contributed by atoms with Crippen molar-refractivity contribution in [3.63, 3.8) is 0 Å². The summed E-state index contributed by atoms with van der Waals surface area (Å²) in [6.07, 6.45) is 13.2. The van der Waals surface area contributed by atoms with Crippen LogP contribution in [0.25, 0.3) is 0 Å².